The summed E-state index contributed by atoms with van der Waals surface area (Å²) >= 11 is 13.9. The molecule has 1 aromatic carbocycles. The maximum absolute atomic E-state index is 14.1. The largest absolute Gasteiger partial charge is 0.466 e. The second-order valence-corrected chi connectivity index (χ2v) is 8.12. The first-order valence-corrected chi connectivity index (χ1v) is 11.5. The van der Waals surface area contributed by atoms with Crippen LogP contribution in [0.3, 0.4) is 0 Å². The second kappa shape index (κ2) is 13.1. The highest BCUT2D eigenvalue weighted by Crippen LogP contribution is 2.44. The third-order valence-corrected chi connectivity index (χ3v) is 6.15. The van der Waals surface area contributed by atoms with Crippen molar-refractivity contribution in [2.24, 2.45) is 4.99 Å². The monoisotopic (exact) mass is 514 g/mol. The number of esters is 2. The lowest BCUT2D eigenvalue weighted by molar-refractivity contribution is -0.139. The predicted molar refractivity (Wildman–Crippen MR) is 126 cm³/mol. The molecule has 1 aromatic rings. The van der Waals surface area contributed by atoms with Crippen molar-refractivity contribution < 1.29 is 23.5 Å². The first-order chi connectivity index (χ1) is 15.9. The molecule has 0 radical (unpaired) electrons. The molecule has 0 fully saturated rings. The fourth-order valence-corrected chi connectivity index (χ4v) is 4.32. The van der Waals surface area contributed by atoms with Crippen molar-refractivity contribution in [2.75, 3.05) is 32.0 Å². The summed E-state index contributed by atoms with van der Waals surface area (Å²) in [7, 11) is 1.16. The smallest absolute Gasteiger partial charge is 0.336 e. The number of aliphatic imine (C=N–C) groups is 1. The van der Waals surface area contributed by atoms with Crippen LogP contribution in [0, 0.1) is 11.5 Å². The fourth-order valence-electron chi connectivity index (χ4n) is 3.20. The van der Waals surface area contributed by atoms with Gasteiger partial charge in [-0.05, 0) is 18.6 Å². The zero-order chi connectivity index (χ0) is 24.4. The Hall–Kier alpha value is -2.74. The minimum Gasteiger partial charge on any atom is -0.466 e. The number of nitrogens with one attached hydrogen (secondary N) is 2. The number of nitriles is 1. The van der Waals surface area contributed by atoms with Gasteiger partial charge in [0, 0.05) is 11.4 Å². The number of ether oxygens (including phenoxy) is 2. The van der Waals surface area contributed by atoms with Gasteiger partial charge >= 0.3 is 11.9 Å². The molecule has 1 heterocycles. The molecule has 1 aliphatic heterocycles. The lowest BCUT2D eigenvalue weighted by atomic mass is 9.80. The molecule has 33 heavy (non-hydrogen) atoms. The van der Waals surface area contributed by atoms with E-state index in [1.807, 2.05) is 0 Å². The second-order valence-electron chi connectivity index (χ2n) is 6.38. The Kier molecular flexibility index (Phi) is 10.5. The van der Waals surface area contributed by atoms with Crippen molar-refractivity contribution >= 4 is 53.2 Å². The molecular formula is C21H21Cl2FN4O4S. The molecule has 0 saturated heterocycles. The van der Waals surface area contributed by atoms with Crippen molar-refractivity contribution in [1.29, 1.82) is 5.26 Å². The van der Waals surface area contributed by atoms with E-state index in [1.54, 1.807) is 31.3 Å². The van der Waals surface area contributed by atoms with Gasteiger partial charge < -0.3 is 14.8 Å². The van der Waals surface area contributed by atoms with E-state index in [0.29, 0.717) is 11.3 Å². The Balaban J connectivity index is 2.65. The molecule has 1 atom stereocenters. The molecule has 0 amide bonds. The van der Waals surface area contributed by atoms with E-state index in [4.69, 9.17) is 37.9 Å². The van der Waals surface area contributed by atoms with Gasteiger partial charge in [-0.3, -0.25) is 10.3 Å². The van der Waals surface area contributed by atoms with Gasteiger partial charge in [-0.15, -0.1) is 11.8 Å². The van der Waals surface area contributed by atoms with Gasteiger partial charge in [0.15, 0.2) is 6.19 Å². The molecule has 0 bridgehead atoms. The number of carbonyl (C=O) groups excluding carboxylic acids is 2. The summed E-state index contributed by atoms with van der Waals surface area (Å²) in [5.41, 5.74) is 0.602. The van der Waals surface area contributed by atoms with Crippen LogP contribution in [-0.2, 0) is 19.1 Å². The molecule has 2 N–H and O–H groups in total. The van der Waals surface area contributed by atoms with Crippen molar-refractivity contribution in [2.45, 2.75) is 12.8 Å². The molecule has 12 heteroatoms. The number of rotatable bonds is 10. The molecule has 0 aliphatic carbocycles. The molecular weight excluding hydrogens is 494 g/mol. The van der Waals surface area contributed by atoms with E-state index >= 15 is 0 Å². The third kappa shape index (κ3) is 6.41. The Morgan fingerprint density at radius 2 is 2.06 bits per heavy atom. The summed E-state index contributed by atoms with van der Waals surface area (Å²) in [5.74, 6) is -2.15. The summed E-state index contributed by atoms with van der Waals surface area (Å²) in [5, 5.41) is 13.9. The van der Waals surface area contributed by atoms with E-state index in [0.717, 1.165) is 7.11 Å². The number of nitrogens with zero attached hydrogens (tertiary/aromatic N) is 2. The zero-order valence-electron chi connectivity index (χ0n) is 17.8. The maximum atomic E-state index is 14.1. The van der Waals surface area contributed by atoms with Gasteiger partial charge in [0.1, 0.15) is 6.67 Å². The molecule has 176 valence electrons. The van der Waals surface area contributed by atoms with Gasteiger partial charge in [-0.2, -0.15) is 5.26 Å². The summed E-state index contributed by atoms with van der Waals surface area (Å²) in [4.78, 5) is 29.8. The number of dihydropyridines is 1. The number of halogens is 3. The van der Waals surface area contributed by atoms with E-state index in [2.05, 4.69) is 15.6 Å². The maximum Gasteiger partial charge on any atom is 0.336 e. The molecule has 2 rings (SSSR count). The topological polar surface area (TPSA) is 113 Å². The SMILES string of the molecule is CCOC(=O)C1=C(CSCN=CNC#N)NC(CF)=C(C(=O)OC)C1c1cccc(Cl)c1Cl. The van der Waals surface area contributed by atoms with E-state index < -0.39 is 24.5 Å². The first kappa shape index (κ1) is 26.5. The standard InChI is InChI=1S/C21H21Cl2FN4O4S/c1-3-32-21(30)18-15(8-33-11-27-10-26-9-25)28-14(7-24)17(20(29)31-2)16(18)12-5-4-6-13(22)19(12)23/h4-6,10,16,28H,3,7-8,11H2,1-2H3,(H,26,27). The lowest BCUT2D eigenvalue weighted by Crippen LogP contribution is -2.35. The van der Waals surface area contributed by atoms with Crippen molar-refractivity contribution in [3.63, 3.8) is 0 Å². The normalized spacial score (nSPS) is 15.8. The van der Waals surface area contributed by atoms with Crippen LogP contribution in [0.1, 0.15) is 18.4 Å². The highest BCUT2D eigenvalue weighted by Gasteiger charge is 2.40. The Bertz CT molecular complexity index is 1040. The Labute approximate surface area is 204 Å². The van der Waals surface area contributed by atoms with Crippen molar-refractivity contribution in [1.82, 2.24) is 10.6 Å². The Morgan fingerprint density at radius 3 is 2.70 bits per heavy atom. The van der Waals surface area contributed by atoms with Crippen LogP contribution in [0.5, 0.6) is 0 Å². The van der Waals surface area contributed by atoms with Crippen molar-refractivity contribution in [3.05, 3.63) is 56.3 Å². The molecule has 0 saturated carbocycles. The Morgan fingerprint density at radius 1 is 1.33 bits per heavy atom. The third-order valence-electron chi connectivity index (χ3n) is 4.49. The number of thioether (sulfide) groups is 1. The van der Waals surface area contributed by atoms with Crippen LogP contribution >= 0.6 is 35.0 Å². The summed E-state index contributed by atoms with van der Waals surface area (Å²) in [6.45, 7) is 0.704. The summed E-state index contributed by atoms with van der Waals surface area (Å²) < 4.78 is 24.2. The zero-order valence-corrected chi connectivity index (χ0v) is 20.1. The van der Waals surface area contributed by atoms with E-state index in [9.17, 15) is 14.0 Å². The van der Waals surface area contributed by atoms with Crippen LogP contribution < -0.4 is 10.6 Å². The lowest BCUT2D eigenvalue weighted by Gasteiger charge is -2.32. The molecule has 8 nitrogen and oxygen atoms in total. The molecule has 1 aliphatic rings. The highest BCUT2D eigenvalue weighted by molar-refractivity contribution is 7.99. The number of methoxy groups -OCH3 is 1. The number of benzene rings is 1. The number of hydrogen-bond acceptors (Lipinski definition) is 8. The number of alkyl halides is 1. The number of hydrogen-bond donors (Lipinski definition) is 2. The summed E-state index contributed by atoms with van der Waals surface area (Å²) in [6.07, 6.45) is 2.94. The van der Waals surface area contributed by atoms with E-state index in [-0.39, 0.29) is 45.1 Å². The minimum absolute atomic E-state index is 0.0545. The van der Waals surface area contributed by atoms with Crippen LogP contribution in [0.2, 0.25) is 10.0 Å². The van der Waals surface area contributed by atoms with E-state index in [1.165, 1.54) is 18.1 Å². The van der Waals surface area contributed by atoms with Crippen LogP contribution in [-0.4, -0.2) is 50.3 Å². The number of carbonyl (C=O) groups is 2. The predicted octanol–water partition coefficient (Wildman–Crippen LogP) is 3.68. The quantitative estimate of drug-likeness (QED) is 0.121. The van der Waals surface area contributed by atoms with Gasteiger partial charge in [0.05, 0.1) is 58.7 Å². The minimum atomic E-state index is -1.07. The van der Waals surface area contributed by atoms with Gasteiger partial charge in [-0.25, -0.2) is 14.0 Å². The molecule has 1 unspecified atom stereocenters. The summed E-state index contributed by atoms with van der Waals surface area (Å²) in [6, 6.07) is 4.78. The first-order valence-electron chi connectivity index (χ1n) is 9.60. The van der Waals surface area contributed by atoms with Gasteiger partial charge in [0.2, 0.25) is 0 Å². The van der Waals surface area contributed by atoms with Crippen LogP contribution in [0.25, 0.3) is 0 Å². The van der Waals surface area contributed by atoms with Crippen molar-refractivity contribution in [3.8, 4) is 6.19 Å². The highest BCUT2D eigenvalue weighted by atomic mass is 35.5. The average molecular weight is 515 g/mol. The molecule has 0 spiro atoms. The van der Waals surface area contributed by atoms with Crippen LogP contribution in [0.4, 0.5) is 4.39 Å². The van der Waals surface area contributed by atoms with Gasteiger partial charge in [-0.1, -0.05) is 35.3 Å². The van der Waals surface area contributed by atoms with Crippen LogP contribution in [0.15, 0.2) is 45.7 Å². The van der Waals surface area contributed by atoms with Gasteiger partial charge in [0.25, 0.3) is 0 Å². The molecule has 0 aromatic heterocycles. The fraction of sp³-hybridized carbons (Fsp3) is 0.333. The number of allylic oxidation sites excluding steroid dienone is 1. The average Bonchev–Trinajstić information content (AvgIpc) is 2.81.